The molecule has 1 aromatic heterocycles. The number of nitro groups is 1. The summed E-state index contributed by atoms with van der Waals surface area (Å²) >= 11 is 6.08. The molecule has 2 aromatic carbocycles. The van der Waals surface area contributed by atoms with Crippen molar-refractivity contribution in [3.05, 3.63) is 68.7 Å². The third-order valence-electron chi connectivity index (χ3n) is 3.52. The predicted octanol–water partition coefficient (Wildman–Crippen LogP) is 4.04. The maximum Gasteiger partial charge on any atom is 0.310 e. The van der Waals surface area contributed by atoms with Gasteiger partial charge in [-0.2, -0.15) is 10.4 Å². The normalized spacial score (nSPS) is 10.7. The van der Waals surface area contributed by atoms with Crippen LogP contribution in [0.1, 0.15) is 11.1 Å². The zero-order chi connectivity index (χ0) is 19.4. The molecule has 3 rings (SSSR count). The average Bonchev–Trinajstić information content (AvgIpc) is 3.03. The molecule has 0 atom stereocenters. The van der Waals surface area contributed by atoms with E-state index in [9.17, 15) is 20.5 Å². The van der Waals surface area contributed by atoms with Crippen LogP contribution in [-0.4, -0.2) is 26.4 Å². The fourth-order valence-electron chi connectivity index (χ4n) is 2.23. The molecule has 1 heterocycles. The molecule has 0 spiro atoms. The topological polar surface area (TPSA) is 140 Å². The van der Waals surface area contributed by atoms with Gasteiger partial charge in [0.2, 0.25) is 0 Å². The highest BCUT2D eigenvalue weighted by Crippen LogP contribution is 2.30. The lowest BCUT2D eigenvalue weighted by Gasteiger charge is -2.04. The van der Waals surface area contributed by atoms with Crippen LogP contribution in [0.2, 0.25) is 5.02 Å². The third-order valence-corrected chi connectivity index (χ3v) is 3.85. The van der Waals surface area contributed by atoms with Gasteiger partial charge in [-0.05, 0) is 29.8 Å². The molecule has 134 valence electrons. The Morgan fingerprint density at radius 1 is 1.37 bits per heavy atom. The molecule has 27 heavy (non-hydrogen) atoms. The molecule has 0 aliphatic heterocycles. The minimum Gasteiger partial charge on any atom is -0.502 e. The summed E-state index contributed by atoms with van der Waals surface area (Å²) < 4.78 is 0. The molecule has 0 saturated carbocycles. The van der Waals surface area contributed by atoms with Crippen molar-refractivity contribution in [3.8, 4) is 11.8 Å². The number of aromatic hydroxyl groups is 1. The molecular formula is C17H11ClN6O3. The van der Waals surface area contributed by atoms with Gasteiger partial charge in [0.05, 0.1) is 15.6 Å². The summed E-state index contributed by atoms with van der Waals surface area (Å²) in [6.45, 7) is 0. The Morgan fingerprint density at radius 2 is 2.15 bits per heavy atom. The van der Waals surface area contributed by atoms with Crippen LogP contribution in [0.15, 0.2) is 47.5 Å². The summed E-state index contributed by atoms with van der Waals surface area (Å²) in [6.07, 6.45) is 1.34. The number of aromatic amines is 1. The summed E-state index contributed by atoms with van der Waals surface area (Å²) in [5.74, 6) is -0.0377. The van der Waals surface area contributed by atoms with Gasteiger partial charge < -0.3 is 10.4 Å². The molecule has 0 saturated heterocycles. The standard InChI is InChI=1S/C17H11ClN6O3/c18-12-3-1-2-4-13(12)21-17-11(8-19)16(22-23-17)20-9-10-5-6-14(24(26)27)15(25)7-10/h1-7,9,25H,(H2,21,22,23)/b20-9+. The van der Waals surface area contributed by atoms with Crippen molar-refractivity contribution in [1.29, 1.82) is 5.26 Å². The van der Waals surface area contributed by atoms with Crippen molar-refractivity contribution in [1.82, 2.24) is 10.2 Å². The molecule has 3 aromatic rings. The van der Waals surface area contributed by atoms with E-state index in [-0.39, 0.29) is 17.2 Å². The van der Waals surface area contributed by atoms with Crippen LogP contribution in [0.4, 0.5) is 23.0 Å². The van der Waals surface area contributed by atoms with E-state index in [0.717, 1.165) is 0 Å². The third kappa shape index (κ3) is 3.86. The van der Waals surface area contributed by atoms with Crippen molar-refractivity contribution < 1.29 is 10.0 Å². The second-order valence-corrected chi connectivity index (χ2v) is 5.68. The van der Waals surface area contributed by atoms with E-state index in [1.165, 1.54) is 24.4 Å². The van der Waals surface area contributed by atoms with Crippen LogP contribution in [0.3, 0.4) is 0 Å². The number of phenols is 1. The lowest BCUT2D eigenvalue weighted by Crippen LogP contribution is -1.93. The molecule has 0 unspecified atom stereocenters. The van der Waals surface area contributed by atoms with Crippen LogP contribution < -0.4 is 5.32 Å². The predicted molar refractivity (Wildman–Crippen MR) is 100 cm³/mol. The first-order valence-corrected chi connectivity index (χ1v) is 7.89. The first-order chi connectivity index (χ1) is 13.0. The molecule has 0 radical (unpaired) electrons. The number of rotatable bonds is 5. The molecule has 0 amide bonds. The van der Waals surface area contributed by atoms with Crippen LogP contribution in [-0.2, 0) is 0 Å². The van der Waals surface area contributed by atoms with Crippen molar-refractivity contribution in [2.24, 2.45) is 4.99 Å². The Kier molecular flexibility index (Phi) is 5.01. The lowest BCUT2D eigenvalue weighted by atomic mass is 10.2. The van der Waals surface area contributed by atoms with Crippen molar-refractivity contribution in [2.45, 2.75) is 0 Å². The summed E-state index contributed by atoms with van der Waals surface area (Å²) in [6, 6.07) is 12.8. The van der Waals surface area contributed by atoms with Gasteiger partial charge in [-0.3, -0.25) is 15.2 Å². The zero-order valence-corrected chi connectivity index (χ0v) is 14.3. The number of phenolic OH excluding ortho intramolecular Hbond substituents is 1. The van der Waals surface area contributed by atoms with Gasteiger partial charge in [0, 0.05) is 12.3 Å². The highest BCUT2D eigenvalue weighted by Gasteiger charge is 2.14. The molecule has 0 fully saturated rings. The molecule has 0 bridgehead atoms. The number of halogens is 1. The molecular weight excluding hydrogens is 372 g/mol. The number of nitriles is 1. The number of aliphatic imine (C=N–C) groups is 1. The monoisotopic (exact) mass is 382 g/mol. The van der Waals surface area contributed by atoms with Gasteiger partial charge in [0.1, 0.15) is 11.6 Å². The van der Waals surface area contributed by atoms with E-state index in [1.807, 2.05) is 6.07 Å². The van der Waals surface area contributed by atoms with E-state index in [1.54, 1.807) is 24.3 Å². The van der Waals surface area contributed by atoms with Crippen molar-refractivity contribution in [3.63, 3.8) is 0 Å². The number of nitrogens with one attached hydrogen (secondary N) is 2. The zero-order valence-electron chi connectivity index (χ0n) is 13.5. The maximum atomic E-state index is 10.7. The fourth-order valence-corrected chi connectivity index (χ4v) is 2.41. The largest absolute Gasteiger partial charge is 0.502 e. The number of nitrogens with zero attached hydrogens (tertiary/aromatic N) is 4. The Morgan fingerprint density at radius 3 is 2.81 bits per heavy atom. The van der Waals surface area contributed by atoms with Gasteiger partial charge in [-0.25, -0.2) is 4.99 Å². The summed E-state index contributed by atoms with van der Waals surface area (Å²) in [7, 11) is 0. The van der Waals surface area contributed by atoms with E-state index in [2.05, 4.69) is 20.5 Å². The number of aromatic nitrogens is 2. The number of anilines is 2. The Balaban J connectivity index is 1.86. The Bertz CT molecular complexity index is 1090. The SMILES string of the molecule is N#Cc1c(Nc2ccccc2Cl)n[nH]c1/N=C/c1ccc([N+](=O)[O-])c(O)c1. The van der Waals surface area contributed by atoms with Crippen LogP contribution in [0, 0.1) is 21.4 Å². The smallest absolute Gasteiger partial charge is 0.310 e. The Labute approximate surface area is 157 Å². The van der Waals surface area contributed by atoms with Crippen LogP contribution in [0.25, 0.3) is 0 Å². The highest BCUT2D eigenvalue weighted by atomic mass is 35.5. The number of hydrogen-bond acceptors (Lipinski definition) is 7. The van der Waals surface area contributed by atoms with Crippen molar-refractivity contribution >= 4 is 40.8 Å². The molecule has 9 nitrogen and oxygen atoms in total. The number of nitro benzene ring substituents is 1. The molecule has 0 aliphatic rings. The maximum absolute atomic E-state index is 10.7. The number of H-pyrrole nitrogens is 1. The number of benzene rings is 2. The Hall–Kier alpha value is -3.90. The minimum atomic E-state index is -0.689. The van der Waals surface area contributed by atoms with Gasteiger partial charge in [-0.15, -0.1) is 0 Å². The van der Waals surface area contributed by atoms with E-state index >= 15 is 0 Å². The molecule has 10 heteroatoms. The molecule has 3 N–H and O–H groups in total. The average molecular weight is 383 g/mol. The number of hydrogen-bond donors (Lipinski definition) is 3. The fraction of sp³-hybridized carbons (Fsp3) is 0. The second-order valence-electron chi connectivity index (χ2n) is 5.28. The van der Waals surface area contributed by atoms with Gasteiger partial charge >= 0.3 is 5.69 Å². The minimum absolute atomic E-state index is 0.164. The first-order valence-electron chi connectivity index (χ1n) is 7.51. The van der Waals surface area contributed by atoms with E-state index in [0.29, 0.717) is 16.3 Å². The van der Waals surface area contributed by atoms with Gasteiger partial charge in [0.25, 0.3) is 0 Å². The quantitative estimate of drug-likeness (QED) is 0.345. The first kappa shape index (κ1) is 17.9. The summed E-state index contributed by atoms with van der Waals surface area (Å²) in [5.41, 5.74) is 0.755. The number of para-hydroxylation sites is 1. The van der Waals surface area contributed by atoms with E-state index in [4.69, 9.17) is 11.6 Å². The van der Waals surface area contributed by atoms with Crippen LogP contribution >= 0.6 is 11.6 Å². The second kappa shape index (κ2) is 7.55. The van der Waals surface area contributed by atoms with Crippen molar-refractivity contribution in [2.75, 3.05) is 5.32 Å². The lowest BCUT2D eigenvalue weighted by molar-refractivity contribution is -0.385. The van der Waals surface area contributed by atoms with Gasteiger partial charge in [-0.1, -0.05) is 23.7 Å². The van der Waals surface area contributed by atoms with Gasteiger partial charge in [0.15, 0.2) is 17.4 Å². The summed E-state index contributed by atoms with van der Waals surface area (Å²) in [5, 5.41) is 39.9. The highest BCUT2D eigenvalue weighted by molar-refractivity contribution is 6.33. The molecule has 0 aliphatic carbocycles. The van der Waals surface area contributed by atoms with Crippen LogP contribution in [0.5, 0.6) is 5.75 Å². The summed E-state index contributed by atoms with van der Waals surface area (Å²) in [4.78, 5) is 14.2. The van der Waals surface area contributed by atoms with E-state index < -0.39 is 16.4 Å².